The topological polar surface area (TPSA) is 21.3 Å². The number of rotatable bonds is 9. The average molecular weight is 360 g/mol. The highest BCUT2D eigenvalue weighted by atomic mass is 79.9. The monoisotopic (exact) mass is 359 g/mol. The molecule has 0 heterocycles. The van der Waals surface area contributed by atoms with E-state index >= 15 is 0 Å². The molecule has 0 spiro atoms. The van der Waals surface area contributed by atoms with E-state index in [0.717, 1.165) is 29.4 Å². The highest BCUT2D eigenvalue weighted by Gasteiger charge is 2.36. The van der Waals surface area contributed by atoms with Gasteiger partial charge in [-0.15, -0.1) is 0 Å². The standard InChI is InChI=1S/C17H27BrFNO/c1-5-17(6-2,21-8-4)16(20-7-3)11-13-9-10-14(18)12-15(13)19/h9-10,12,16,20H,5-8,11H2,1-4H3. The lowest BCUT2D eigenvalue weighted by molar-refractivity contribution is -0.0717. The molecule has 0 fully saturated rings. The summed E-state index contributed by atoms with van der Waals surface area (Å²) in [4.78, 5) is 0. The first-order valence-corrected chi connectivity index (χ1v) is 8.63. The van der Waals surface area contributed by atoms with Crippen LogP contribution in [0.1, 0.15) is 46.1 Å². The predicted octanol–water partition coefficient (Wildman–Crippen LogP) is 4.70. The summed E-state index contributed by atoms with van der Waals surface area (Å²) in [6.07, 6.45) is 2.45. The summed E-state index contributed by atoms with van der Waals surface area (Å²) >= 11 is 3.30. The second-order valence-corrected chi connectivity index (χ2v) is 6.17. The molecule has 0 bridgehead atoms. The lowest BCUT2D eigenvalue weighted by Crippen LogP contribution is -2.53. The largest absolute Gasteiger partial charge is 0.374 e. The minimum atomic E-state index is -0.246. The van der Waals surface area contributed by atoms with Crippen LogP contribution in [-0.2, 0) is 11.2 Å². The fraction of sp³-hybridized carbons (Fsp3) is 0.647. The van der Waals surface area contributed by atoms with Gasteiger partial charge in [0, 0.05) is 17.1 Å². The number of benzene rings is 1. The lowest BCUT2D eigenvalue weighted by Gasteiger charge is -2.40. The zero-order valence-electron chi connectivity index (χ0n) is 13.5. The van der Waals surface area contributed by atoms with Crippen LogP contribution in [0, 0.1) is 5.82 Å². The molecule has 1 aromatic carbocycles. The Hall–Kier alpha value is -0.450. The van der Waals surface area contributed by atoms with Gasteiger partial charge in [-0.2, -0.15) is 0 Å². The Labute approximate surface area is 136 Å². The molecule has 0 amide bonds. The fourth-order valence-electron chi connectivity index (χ4n) is 2.93. The molecular weight excluding hydrogens is 333 g/mol. The van der Waals surface area contributed by atoms with E-state index in [1.807, 2.05) is 19.1 Å². The Bertz CT molecular complexity index is 435. The zero-order chi connectivity index (χ0) is 15.9. The van der Waals surface area contributed by atoms with E-state index in [0.29, 0.717) is 13.0 Å². The molecule has 0 aromatic heterocycles. The van der Waals surface area contributed by atoms with Crippen LogP contribution in [0.5, 0.6) is 0 Å². The molecule has 1 unspecified atom stereocenters. The van der Waals surface area contributed by atoms with Gasteiger partial charge in [0.1, 0.15) is 5.82 Å². The molecule has 0 radical (unpaired) electrons. The van der Waals surface area contributed by atoms with Crippen molar-refractivity contribution in [2.45, 2.75) is 58.6 Å². The van der Waals surface area contributed by atoms with Crippen molar-refractivity contribution >= 4 is 15.9 Å². The van der Waals surface area contributed by atoms with Crippen molar-refractivity contribution in [3.63, 3.8) is 0 Å². The molecule has 0 aliphatic carbocycles. The van der Waals surface area contributed by atoms with Gasteiger partial charge in [0.15, 0.2) is 0 Å². The minimum Gasteiger partial charge on any atom is -0.374 e. The maximum atomic E-state index is 14.1. The van der Waals surface area contributed by atoms with Gasteiger partial charge in [0.2, 0.25) is 0 Å². The van der Waals surface area contributed by atoms with Crippen LogP contribution in [0.25, 0.3) is 0 Å². The van der Waals surface area contributed by atoms with Crippen LogP contribution in [0.3, 0.4) is 0 Å². The minimum absolute atomic E-state index is 0.105. The van der Waals surface area contributed by atoms with Gasteiger partial charge in [0.25, 0.3) is 0 Å². The normalized spacial score (nSPS) is 13.4. The van der Waals surface area contributed by atoms with Crippen LogP contribution in [0.15, 0.2) is 22.7 Å². The third kappa shape index (κ3) is 4.76. The number of likely N-dealkylation sites (N-methyl/N-ethyl adjacent to an activating group) is 1. The van der Waals surface area contributed by atoms with E-state index in [2.05, 4.69) is 42.0 Å². The third-order valence-electron chi connectivity index (χ3n) is 4.15. The van der Waals surface area contributed by atoms with Gasteiger partial charge in [-0.1, -0.05) is 42.8 Å². The van der Waals surface area contributed by atoms with Gasteiger partial charge in [0.05, 0.1) is 5.60 Å². The Kier molecular flexibility index (Phi) is 7.85. The summed E-state index contributed by atoms with van der Waals surface area (Å²) in [5, 5.41) is 3.50. The molecule has 1 aromatic rings. The van der Waals surface area contributed by atoms with Crippen LogP contribution >= 0.6 is 15.9 Å². The van der Waals surface area contributed by atoms with Gasteiger partial charge < -0.3 is 10.1 Å². The summed E-state index contributed by atoms with van der Waals surface area (Å²) in [7, 11) is 0. The van der Waals surface area contributed by atoms with Crippen LogP contribution in [0.2, 0.25) is 0 Å². The number of nitrogens with one attached hydrogen (secondary N) is 1. The van der Waals surface area contributed by atoms with Crippen LogP contribution in [0.4, 0.5) is 4.39 Å². The van der Waals surface area contributed by atoms with Crippen molar-refractivity contribution in [2.24, 2.45) is 0 Å². The molecule has 1 atom stereocenters. The van der Waals surface area contributed by atoms with Crippen molar-refractivity contribution in [3.05, 3.63) is 34.1 Å². The average Bonchev–Trinajstić information content (AvgIpc) is 2.47. The van der Waals surface area contributed by atoms with Crippen LogP contribution in [-0.4, -0.2) is 24.8 Å². The summed E-state index contributed by atoms with van der Waals surface area (Å²) in [6.45, 7) is 9.89. The molecule has 0 saturated heterocycles. The molecule has 0 aliphatic rings. The third-order valence-corrected chi connectivity index (χ3v) is 4.65. The molecular formula is C17H27BrFNO. The fourth-order valence-corrected chi connectivity index (χ4v) is 3.27. The van der Waals surface area contributed by atoms with Gasteiger partial charge in [-0.25, -0.2) is 4.39 Å². The van der Waals surface area contributed by atoms with Gasteiger partial charge >= 0.3 is 0 Å². The summed E-state index contributed by atoms with van der Waals surface area (Å²) in [5.74, 6) is -0.162. The second kappa shape index (κ2) is 8.86. The lowest BCUT2D eigenvalue weighted by atomic mass is 9.84. The zero-order valence-corrected chi connectivity index (χ0v) is 15.1. The summed E-state index contributed by atoms with van der Waals surface area (Å²) in [5.41, 5.74) is 0.486. The number of halogens is 2. The first kappa shape index (κ1) is 18.6. The Morgan fingerprint density at radius 3 is 2.38 bits per heavy atom. The summed E-state index contributed by atoms with van der Waals surface area (Å²) in [6, 6.07) is 5.37. The molecule has 1 rings (SSSR count). The predicted molar refractivity (Wildman–Crippen MR) is 90.2 cm³/mol. The quantitative estimate of drug-likeness (QED) is 0.689. The van der Waals surface area contributed by atoms with E-state index < -0.39 is 0 Å². The van der Waals surface area contributed by atoms with E-state index in [1.165, 1.54) is 6.07 Å². The molecule has 4 heteroatoms. The van der Waals surface area contributed by atoms with Crippen molar-refractivity contribution in [3.8, 4) is 0 Å². The number of hydrogen-bond acceptors (Lipinski definition) is 2. The Morgan fingerprint density at radius 1 is 1.24 bits per heavy atom. The molecule has 21 heavy (non-hydrogen) atoms. The second-order valence-electron chi connectivity index (χ2n) is 5.26. The summed E-state index contributed by atoms with van der Waals surface area (Å²) < 4.78 is 21.0. The first-order valence-electron chi connectivity index (χ1n) is 7.84. The van der Waals surface area contributed by atoms with Gasteiger partial charge in [-0.3, -0.25) is 0 Å². The molecule has 120 valence electrons. The molecule has 1 N–H and O–H groups in total. The SMILES string of the molecule is CCNC(Cc1ccc(Br)cc1F)C(CC)(CC)OCC. The van der Waals surface area contributed by atoms with Gasteiger partial charge in [-0.05, 0) is 50.4 Å². The van der Waals surface area contributed by atoms with Crippen LogP contribution < -0.4 is 5.32 Å². The number of hydrogen-bond donors (Lipinski definition) is 1. The maximum absolute atomic E-state index is 14.1. The Balaban J connectivity index is 3.04. The van der Waals surface area contributed by atoms with Crippen molar-refractivity contribution in [1.29, 1.82) is 0 Å². The number of ether oxygens (including phenoxy) is 1. The van der Waals surface area contributed by atoms with E-state index in [4.69, 9.17) is 4.74 Å². The van der Waals surface area contributed by atoms with Crippen molar-refractivity contribution in [2.75, 3.05) is 13.2 Å². The van der Waals surface area contributed by atoms with E-state index in [1.54, 1.807) is 0 Å². The Morgan fingerprint density at radius 2 is 1.90 bits per heavy atom. The first-order chi connectivity index (χ1) is 10.0. The van der Waals surface area contributed by atoms with Crippen molar-refractivity contribution < 1.29 is 9.13 Å². The smallest absolute Gasteiger partial charge is 0.127 e. The highest BCUT2D eigenvalue weighted by Crippen LogP contribution is 2.28. The maximum Gasteiger partial charge on any atom is 0.127 e. The molecule has 2 nitrogen and oxygen atoms in total. The van der Waals surface area contributed by atoms with Crippen molar-refractivity contribution in [1.82, 2.24) is 5.32 Å². The molecule has 0 saturated carbocycles. The highest BCUT2D eigenvalue weighted by molar-refractivity contribution is 9.10. The van der Waals surface area contributed by atoms with E-state index in [9.17, 15) is 4.39 Å². The van der Waals surface area contributed by atoms with E-state index in [-0.39, 0.29) is 17.5 Å². The molecule has 0 aliphatic heterocycles.